The number of thiophene rings is 1. The molecule has 1 aromatic heterocycles. The van der Waals surface area contributed by atoms with Gasteiger partial charge in [0.05, 0.1) is 0 Å². The Hall–Kier alpha value is -1.33. The van der Waals surface area contributed by atoms with Gasteiger partial charge in [-0.05, 0) is 59.9 Å². The Morgan fingerprint density at radius 2 is 2.00 bits per heavy atom. The van der Waals surface area contributed by atoms with Crippen molar-refractivity contribution in [2.45, 2.75) is 30.7 Å². The normalized spacial score (nSPS) is 13.4. The van der Waals surface area contributed by atoms with E-state index in [2.05, 4.69) is 27.1 Å². The zero-order valence-electron chi connectivity index (χ0n) is 17.0. The van der Waals surface area contributed by atoms with E-state index in [4.69, 9.17) is 0 Å². The molecule has 0 bridgehead atoms. The molecule has 5 nitrogen and oxygen atoms in total. The number of fused-ring (bicyclic) bond motifs is 1. The summed E-state index contributed by atoms with van der Waals surface area (Å²) < 4.78 is 12.9. The van der Waals surface area contributed by atoms with Crippen LogP contribution in [0.25, 0.3) is 0 Å². The van der Waals surface area contributed by atoms with E-state index in [9.17, 15) is 9.18 Å². The summed E-state index contributed by atoms with van der Waals surface area (Å²) in [5, 5.41) is 8.59. The number of carbonyl (C=O) groups excluding carboxylic acids is 1. The molecule has 0 unspecified atom stereocenters. The largest absolute Gasteiger partial charge is 0.356 e. The van der Waals surface area contributed by atoms with Gasteiger partial charge in [-0.25, -0.2) is 4.39 Å². The number of thioether (sulfide) groups is 1. The molecular formula is C21H28FIN4OS2. The van der Waals surface area contributed by atoms with Crippen LogP contribution in [0.1, 0.15) is 23.3 Å². The molecule has 0 atom stereocenters. The number of benzene rings is 1. The number of hydrogen-bond acceptors (Lipinski definition) is 4. The first kappa shape index (κ1) is 24.9. The fourth-order valence-corrected chi connectivity index (χ4v) is 4.87. The first-order valence-electron chi connectivity index (χ1n) is 9.81. The Morgan fingerprint density at radius 3 is 2.77 bits per heavy atom. The van der Waals surface area contributed by atoms with Crippen LogP contribution in [0.15, 0.2) is 45.6 Å². The third-order valence-electron chi connectivity index (χ3n) is 4.71. The van der Waals surface area contributed by atoms with E-state index in [1.165, 1.54) is 22.6 Å². The first-order valence-corrected chi connectivity index (χ1v) is 11.7. The molecule has 1 aliphatic heterocycles. The maximum atomic E-state index is 12.9. The minimum Gasteiger partial charge on any atom is -0.356 e. The van der Waals surface area contributed by atoms with Crippen LogP contribution < -0.4 is 10.6 Å². The number of nitrogens with zero attached hydrogens (tertiary/aromatic N) is 2. The van der Waals surface area contributed by atoms with Gasteiger partial charge in [-0.15, -0.1) is 47.1 Å². The lowest BCUT2D eigenvalue weighted by molar-refractivity contribution is -0.131. The molecule has 2 aromatic rings. The van der Waals surface area contributed by atoms with E-state index in [1.54, 1.807) is 42.3 Å². The van der Waals surface area contributed by atoms with Crippen LogP contribution in [0, 0.1) is 5.82 Å². The fourth-order valence-electron chi connectivity index (χ4n) is 3.13. The minimum absolute atomic E-state index is 0. The molecule has 1 aliphatic rings. The SMILES string of the molecule is CN=C(NCCCSc1ccc(F)cc1)NCCC(=O)N1CCc2sccc2C1.I. The lowest BCUT2D eigenvalue weighted by Crippen LogP contribution is -2.41. The van der Waals surface area contributed by atoms with E-state index in [0.29, 0.717) is 18.9 Å². The Balaban J connectivity index is 0.00000320. The highest BCUT2D eigenvalue weighted by Crippen LogP contribution is 2.24. The van der Waals surface area contributed by atoms with Gasteiger partial charge in [0, 0.05) is 49.4 Å². The maximum Gasteiger partial charge on any atom is 0.224 e. The van der Waals surface area contributed by atoms with Gasteiger partial charge < -0.3 is 15.5 Å². The highest BCUT2D eigenvalue weighted by atomic mass is 127. The van der Waals surface area contributed by atoms with E-state index in [1.807, 2.05) is 4.90 Å². The molecule has 30 heavy (non-hydrogen) atoms. The molecule has 0 saturated carbocycles. The van der Waals surface area contributed by atoms with Crippen molar-refractivity contribution in [2.24, 2.45) is 4.99 Å². The monoisotopic (exact) mass is 562 g/mol. The first-order chi connectivity index (χ1) is 14.2. The second-order valence-corrected chi connectivity index (χ2v) is 8.94. The highest BCUT2D eigenvalue weighted by molar-refractivity contribution is 14.0. The smallest absolute Gasteiger partial charge is 0.224 e. The Bertz CT molecular complexity index is 829. The van der Waals surface area contributed by atoms with Crippen molar-refractivity contribution in [3.05, 3.63) is 52.0 Å². The van der Waals surface area contributed by atoms with Crippen LogP contribution in [0.4, 0.5) is 4.39 Å². The summed E-state index contributed by atoms with van der Waals surface area (Å²) in [5.41, 5.74) is 1.29. The Labute approximate surface area is 202 Å². The summed E-state index contributed by atoms with van der Waals surface area (Å²) >= 11 is 3.49. The number of rotatable bonds is 8. The number of hydrogen-bond donors (Lipinski definition) is 2. The summed E-state index contributed by atoms with van der Waals surface area (Å²) in [7, 11) is 1.73. The van der Waals surface area contributed by atoms with Gasteiger partial charge in [0.2, 0.25) is 5.91 Å². The standard InChI is InChI=1S/C21H27FN4OS2.HI/c1-23-21(24-10-2-13-28-18-5-3-17(22)4-6-18)25-11-7-20(27)26-12-8-19-16(15-26)9-14-29-19;/h3-6,9,14H,2,7-8,10-13,15H2,1H3,(H2,23,24,25);1H. The van der Waals surface area contributed by atoms with Gasteiger partial charge in [0.1, 0.15) is 5.82 Å². The van der Waals surface area contributed by atoms with Crippen LogP contribution in [-0.4, -0.2) is 49.2 Å². The number of amides is 1. The fraction of sp³-hybridized carbons (Fsp3) is 0.429. The number of halogens is 2. The summed E-state index contributed by atoms with van der Waals surface area (Å²) in [4.78, 5) is 21.1. The molecule has 0 radical (unpaired) electrons. The predicted molar refractivity (Wildman–Crippen MR) is 135 cm³/mol. The van der Waals surface area contributed by atoms with Crippen LogP contribution in [0.2, 0.25) is 0 Å². The van der Waals surface area contributed by atoms with Crippen molar-refractivity contribution in [2.75, 3.05) is 32.4 Å². The zero-order valence-corrected chi connectivity index (χ0v) is 21.0. The topological polar surface area (TPSA) is 56.7 Å². The molecule has 9 heteroatoms. The molecule has 2 N–H and O–H groups in total. The van der Waals surface area contributed by atoms with Gasteiger partial charge in [0.15, 0.2) is 5.96 Å². The van der Waals surface area contributed by atoms with Gasteiger partial charge in [-0.1, -0.05) is 0 Å². The average molecular weight is 563 g/mol. The van der Waals surface area contributed by atoms with E-state index in [-0.39, 0.29) is 35.7 Å². The van der Waals surface area contributed by atoms with Gasteiger partial charge in [0.25, 0.3) is 0 Å². The number of carbonyl (C=O) groups is 1. The number of nitrogens with one attached hydrogen (secondary N) is 2. The van der Waals surface area contributed by atoms with Crippen molar-refractivity contribution in [3.8, 4) is 0 Å². The van der Waals surface area contributed by atoms with Crippen molar-refractivity contribution >= 4 is 58.9 Å². The average Bonchev–Trinajstić information content (AvgIpc) is 3.21. The van der Waals surface area contributed by atoms with E-state index in [0.717, 1.165) is 43.1 Å². The molecule has 164 valence electrons. The molecule has 1 aromatic carbocycles. The second-order valence-electron chi connectivity index (χ2n) is 6.77. The van der Waals surface area contributed by atoms with Gasteiger partial charge >= 0.3 is 0 Å². The summed E-state index contributed by atoms with van der Waals surface area (Å²) in [5.74, 6) is 1.62. The van der Waals surface area contributed by atoms with Crippen molar-refractivity contribution in [1.29, 1.82) is 0 Å². The van der Waals surface area contributed by atoms with Crippen LogP contribution >= 0.6 is 47.1 Å². The lowest BCUT2D eigenvalue weighted by atomic mass is 10.1. The molecule has 0 saturated heterocycles. The minimum atomic E-state index is -0.208. The maximum absolute atomic E-state index is 12.9. The predicted octanol–water partition coefficient (Wildman–Crippen LogP) is 4.13. The number of aliphatic imine (C=N–C) groups is 1. The molecule has 2 heterocycles. The van der Waals surface area contributed by atoms with Gasteiger partial charge in [-0.3, -0.25) is 9.79 Å². The molecule has 0 aliphatic carbocycles. The molecule has 3 rings (SSSR count). The highest BCUT2D eigenvalue weighted by Gasteiger charge is 2.20. The third kappa shape index (κ3) is 7.73. The zero-order chi connectivity index (χ0) is 20.5. The van der Waals surface area contributed by atoms with E-state index < -0.39 is 0 Å². The summed E-state index contributed by atoms with van der Waals surface area (Å²) in [6, 6.07) is 8.68. The van der Waals surface area contributed by atoms with E-state index >= 15 is 0 Å². The molecule has 0 fully saturated rings. The van der Waals surface area contributed by atoms with Crippen molar-refractivity contribution < 1.29 is 9.18 Å². The van der Waals surface area contributed by atoms with Crippen LogP contribution in [-0.2, 0) is 17.8 Å². The van der Waals surface area contributed by atoms with Crippen molar-refractivity contribution in [1.82, 2.24) is 15.5 Å². The van der Waals surface area contributed by atoms with Crippen LogP contribution in [0.5, 0.6) is 0 Å². The quantitative estimate of drug-likeness (QED) is 0.167. The Kier molecular flexibility index (Phi) is 10.9. The third-order valence-corrected chi connectivity index (χ3v) is 6.83. The summed E-state index contributed by atoms with van der Waals surface area (Å²) in [6.45, 7) is 2.89. The Morgan fingerprint density at radius 1 is 1.23 bits per heavy atom. The summed E-state index contributed by atoms with van der Waals surface area (Å²) in [6.07, 6.45) is 2.38. The van der Waals surface area contributed by atoms with Gasteiger partial charge in [-0.2, -0.15) is 0 Å². The second kappa shape index (κ2) is 13.2. The van der Waals surface area contributed by atoms with Crippen LogP contribution in [0.3, 0.4) is 0 Å². The number of guanidine groups is 1. The molecule has 0 spiro atoms. The van der Waals surface area contributed by atoms with Crippen molar-refractivity contribution in [3.63, 3.8) is 0 Å². The molecule has 1 amide bonds. The molecular weight excluding hydrogens is 534 g/mol. The lowest BCUT2D eigenvalue weighted by Gasteiger charge is -2.27.